The number of carbonyl (C=O) groups excluding carboxylic acids is 2. The van der Waals surface area contributed by atoms with Gasteiger partial charge < -0.3 is 30.1 Å². The number of hydrogen-bond donors (Lipinski definition) is 4. The van der Waals surface area contributed by atoms with E-state index in [1.54, 1.807) is 30.3 Å². The summed E-state index contributed by atoms with van der Waals surface area (Å²) in [5, 5.41) is 32.2. The standard InChI is InChI=1S/C23H25NO7/c1-14(26)24-20-22(29)21(28)19(13-25)31-23(20)30-17-10-8-16(9-11-17)18(27)12-7-15-5-3-2-4-6-15/h2-12,19-23,25,28-29H,13H2,1H3,(H,24,26)/t19-,20-,21-,22-,23-/m1/s1. The summed E-state index contributed by atoms with van der Waals surface area (Å²) in [4.78, 5) is 23.9. The molecule has 1 saturated heterocycles. The maximum Gasteiger partial charge on any atom is 0.223 e. The first-order valence-electron chi connectivity index (χ1n) is 9.83. The molecule has 0 saturated carbocycles. The van der Waals surface area contributed by atoms with Crippen molar-refractivity contribution in [2.45, 2.75) is 37.6 Å². The molecule has 1 aliphatic heterocycles. The molecule has 1 aliphatic rings. The van der Waals surface area contributed by atoms with Crippen molar-refractivity contribution in [3.05, 3.63) is 71.8 Å². The van der Waals surface area contributed by atoms with Crippen LogP contribution in [0.25, 0.3) is 6.08 Å². The third kappa shape index (κ3) is 5.77. The van der Waals surface area contributed by atoms with E-state index in [-0.39, 0.29) is 5.78 Å². The van der Waals surface area contributed by atoms with Crippen molar-refractivity contribution in [3.63, 3.8) is 0 Å². The molecule has 3 rings (SSSR count). The molecule has 0 radical (unpaired) electrons. The number of aliphatic hydroxyl groups is 3. The van der Waals surface area contributed by atoms with Crippen molar-refractivity contribution >= 4 is 17.8 Å². The zero-order valence-electron chi connectivity index (χ0n) is 16.9. The zero-order chi connectivity index (χ0) is 22.4. The number of rotatable bonds is 7. The first-order valence-corrected chi connectivity index (χ1v) is 9.83. The minimum Gasteiger partial charge on any atom is -0.463 e. The molecular formula is C23H25NO7. The van der Waals surface area contributed by atoms with E-state index in [2.05, 4.69) is 5.32 Å². The van der Waals surface area contributed by atoms with Gasteiger partial charge in [-0.1, -0.05) is 36.4 Å². The second kappa shape index (κ2) is 10.3. The lowest BCUT2D eigenvalue weighted by atomic mass is 9.97. The third-order valence-electron chi connectivity index (χ3n) is 4.87. The molecule has 4 N–H and O–H groups in total. The number of ketones is 1. The molecule has 5 atom stereocenters. The normalized spacial score (nSPS) is 25.9. The number of allylic oxidation sites excluding steroid dienone is 1. The highest BCUT2D eigenvalue weighted by Gasteiger charge is 2.46. The topological polar surface area (TPSA) is 125 Å². The maximum absolute atomic E-state index is 12.4. The Balaban J connectivity index is 1.70. The summed E-state index contributed by atoms with van der Waals surface area (Å²) in [7, 11) is 0. The molecule has 8 nitrogen and oxygen atoms in total. The number of nitrogens with one attached hydrogen (secondary N) is 1. The Morgan fingerprint density at radius 3 is 2.35 bits per heavy atom. The third-order valence-corrected chi connectivity index (χ3v) is 4.87. The molecule has 1 fully saturated rings. The second-order valence-corrected chi connectivity index (χ2v) is 7.18. The Bertz CT molecular complexity index is 913. The fraction of sp³-hybridized carbons (Fsp3) is 0.304. The van der Waals surface area contributed by atoms with E-state index in [0.29, 0.717) is 11.3 Å². The van der Waals surface area contributed by atoms with E-state index in [4.69, 9.17) is 9.47 Å². The van der Waals surface area contributed by atoms with Gasteiger partial charge in [0.2, 0.25) is 12.2 Å². The van der Waals surface area contributed by atoms with Gasteiger partial charge in [0.1, 0.15) is 30.1 Å². The van der Waals surface area contributed by atoms with Crippen molar-refractivity contribution in [3.8, 4) is 5.75 Å². The van der Waals surface area contributed by atoms with Crippen molar-refractivity contribution in [1.82, 2.24) is 5.32 Å². The van der Waals surface area contributed by atoms with Crippen LogP contribution in [0.3, 0.4) is 0 Å². The number of aliphatic hydroxyl groups excluding tert-OH is 3. The lowest BCUT2D eigenvalue weighted by Gasteiger charge is -2.42. The average Bonchev–Trinajstić information content (AvgIpc) is 2.78. The Hall–Kier alpha value is -3.04. The molecule has 164 valence electrons. The van der Waals surface area contributed by atoms with Crippen molar-refractivity contribution in [2.75, 3.05) is 6.61 Å². The summed E-state index contributed by atoms with van der Waals surface area (Å²) in [5.74, 6) is -0.300. The minimum absolute atomic E-state index is 0.181. The molecule has 0 aliphatic carbocycles. The lowest BCUT2D eigenvalue weighted by molar-refractivity contribution is -0.244. The van der Waals surface area contributed by atoms with Crippen LogP contribution in [0.2, 0.25) is 0 Å². The van der Waals surface area contributed by atoms with Crippen LogP contribution in [0.5, 0.6) is 5.75 Å². The van der Waals surface area contributed by atoms with Crippen LogP contribution in [0.4, 0.5) is 0 Å². The van der Waals surface area contributed by atoms with Crippen molar-refractivity contribution in [2.24, 2.45) is 0 Å². The van der Waals surface area contributed by atoms with Gasteiger partial charge in [-0.3, -0.25) is 9.59 Å². The number of benzene rings is 2. The van der Waals surface area contributed by atoms with E-state index >= 15 is 0 Å². The molecule has 1 amide bonds. The zero-order valence-corrected chi connectivity index (χ0v) is 16.9. The Labute approximate surface area is 179 Å². The Morgan fingerprint density at radius 2 is 1.74 bits per heavy atom. The lowest BCUT2D eigenvalue weighted by Crippen LogP contribution is -2.65. The van der Waals surface area contributed by atoms with Gasteiger partial charge in [0.15, 0.2) is 5.78 Å². The molecule has 0 unspecified atom stereocenters. The maximum atomic E-state index is 12.4. The van der Waals surface area contributed by atoms with Crippen LogP contribution < -0.4 is 10.1 Å². The van der Waals surface area contributed by atoms with E-state index in [9.17, 15) is 24.9 Å². The van der Waals surface area contributed by atoms with Crippen LogP contribution in [-0.2, 0) is 9.53 Å². The first-order chi connectivity index (χ1) is 14.9. The van der Waals surface area contributed by atoms with Gasteiger partial charge in [0.25, 0.3) is 0 Å². The summed E-state index contributed by atoms with van der Waals surface area (Å²) >= 11 is 0. The monoisotopic (exact) mass is 427 g/mol. The quantitative estimate of drug-likeness (QED) is 0.382. The van der Waals surface area contributed by atoms with E-state index in [0.717, 1.165) is 5.56 Å². The summed E-state index contributed by atoms with van der Waals surface area (Å²) in [6, 6.07) is 14.7. The number of carbonyl (C=O) groups is 2. The van der Waals surface area contributed by atoms with Crippen LogP contribution in [0.1, 0.15) is 22.8 Å². The van der Waals surface area contributed by atoms with Gasteiger partial charge in [-0.15, -0.1) is 0 Å². The van der Waals surface area contributed by atoms with Gasteiger partial charge in [-0.2, -0.15) is 0 Å². The van der Waals surface area contributed by atoms with Gasteiger partial charge in [-0.05, 0) is 35.9 Å². The predicted molar refractivity (Wildman–Crippen MR) is 112 cm³/mol. The first kappa shape index (κ1) is 22.6. The fourth-order valence-corrected chi connectivity index (χ4v) is 3.24. The molecule has 0 spiro atoms. The fourth-order valence-electron chi connectivity index (χ4n) is 3.24. The predicted octanol–water partition coefficient (Wildman–Crippen LogP) is 0.905. The molecule has 31 heavy (non-hydrogen) atoms. The number of hydrogen-bond acceptors (Lipinski definition) is 7. The molecule has 1 heterocycles. The summed E-state index contributed by atoms with van der Waals surface area (Å²) < 4.78 is 11.3. The SMILES string of the molecule is CC(=O)N[C@H]1[C@H](Oc2ccc(C(=O)C=Cc3ccccc3)cc2)O[C@H](CO)[C@@H](O)[C@@H]1O. The smallest absolute Gasteiger partial charge is 0.223 e. The van der Waals surface area contributed by atoms with E-state index in [1.807, 2.05) is 30.3 Å². The van der Waals surface area contributed by atoms with Crippen LogP contribution in [0.15, 0.2) is 60.7 Å². The van der Waals surface area contributed by atoms with Crippen LogP contribution in [-0.4, -0.2) is 64.3 Å². The highest BCUT2D eigenvalue weighted by atomic mass is 16.7. The van der Waals surface area contributed by atoms with Crippen molar-refractivity contribution in [1.29, 1.82) is 0 Å². The average molecular weight is 427 g/mol. The molecule has 2 aromatic rings. The van der Waals surface area contributed by atoms with Gasteiger partial charge in [0, 0.05) is 12.5 Å². The molecule has 8 heteroatoms. The number of ether oxygens (including phenoxy) is 2. The summed E-state index contributed by atoms with van der Waals surface area (Å²) in [6.07, 6.45) is -1.82. The van der Waals surface area contributed by atoms with Gasteiger partial charge in [-0.25, -0.2) is 0 Å². The Morgan fingerprint density at radius 1 is 1.06 bits per heavy atom. The van der Waals surface area contributed by atoms with Crippen LogP contribution >= 0.6 is 0 Å². The second-order valence-electron chi connectivity index (χ2n) is 7.18. The highest BCUT2D eigenvalue weighted by molar-refractivity contribution is 6.06. The summed E-state index contributed by atoms with van der Waals surface area (Å²) in [6.45, 7) is 0.726. The highest BCUT2D eigenvalue weighted by Crippen LogP contribution is 2.25. The molecular weight excluding hydrogens is 402 g/mol. The molecule has 2 aromatic carbocycles. The minimum atomic E-state index is -1.40. The van der Waals surface area contributed by atoms with Crippen molar-refractivity contribution < 1.29 is 34.4 Å². The molecule has 0 aromatic heterocycles. The number of amides is 1. The van der Waals surface area contributed by atoms with Gasteiger partial charge >= 0.3 is 0 Å². The van der Waals surface area contributed by atoms with Gasteiger partial charge in [0.05, 0.1) is 6.61 Å². The van der Waals surface area contributed by atoms with E-state index < -0.39 is 43.2 Å². The van der Waals surface area contributed by atoms with Crippen LogP contribution in [0, 0.1) is 0 Å². The summed E-state index contributed by atoms with van der Waals surface area (Å²) in [5.41, 5.74) is 1.36. The largest absolute Gasteiger partial charge is 0.463 e. The molecule has 0 bridgehead atoms. The van der Waals surface area contributed by atoms with E-state index in [1.165, 1.54) is 13.0 Å². The Kier molecular flexibility index (Phi) is 7.54.